The number of hydrogen-bond acceptors (Lipinski definition) is 4. The van der Waals surface area contributed by atoms with E-state index in [9.17, 15) is 14.4 Å². The number of carbonyl (C=O) groups excluding carboxylic acids is 3. The molecule has 0 spiro atoms. The fourth-order valence-electron chi connectivity index (χ4n) is 3.76. The van der Waals surface area contributed by atoms with Crippen LogP contribution in [0, 0.1) is 0 Å². The maximum Gasteiger partial charge on any atom is 0.501 e. The average Bonchev–Trinajstić information content (AvgIpc) is 3.25. The number of rotatable bonds is 7. The Hall–Kier alpha value is -3.19. The number of urea groups is 1. The van der Waals surface area contributed by atoms with E-state index in [0.29, 0.717) is 31.6 Å². The number of nitrogens with zero attached hydrogens (tertiary/aromatic N) is 2. The summed E-state index contributed by atoms with van der Waals surface area (Å²) in [4.78, 5) is 39.5. The number of fused-ring (bicyclic) bond motifs is 1. The summed E-state index contributed by atoms with van der Waals surface area (Å²) in [6, 6.07) is 16.8. The summed E-state index contributed by atoms with van der Waals surface area (Å²) in [5.74, 6) is -0.239. The van der Waals surface area contributed by atoms with Crippen LogP contribution in [0.25, 0.3) is 0 Å². The molecule has 0 bridgehead atoms. The summed E-state index contributed by atoms with van der Waals surface area (Å²) >= 11 is 1.43. The Balaban J connectivity index is 1.52. The highest BCUT2D eigenvalue weighted by Crippen LogP contribution is 2.28. The number of benzene rings is 2. The molecule has 2 aromatic rings. The molecule has 0 radical (unpaired) electrons. The van der Waals surface area contributed by atoms with E-state index in [-0.39, 0.29) is 23.1 Å². The summed E-state index contributed by atoms with van der Waals surface area (Å²) in [7, 11) is 0. The summed E-state index contributed by atoms with van der Waals surface area (Å²) < 4.78 is 1.67. The molecule has 2 aliphatic rings. The van der Waals surface area contributed by atoms with Crippen molar-refractivity contribution in [3.8, 4) is 0 Å². The van der Waals surface area contributed by atoms with Crippen molar-refractivity contribution < 1.29 is 19.0 Å². The lowest BCUT2D eigenvalue weighted by Gasteiger charge is -2.24. The number of carbonyl (C=O) groups is 3. The number of imide groups is 1. The van der Waals surface area contributed by atoms with Gasteiger partial charge in [-0.25, -0.2) is 4.79 Å². The van der Waals surface area contributed by atoms with Gasteiger partial charge in [-0.3, -0.25) is 4.79 Å². The molecule has 0 saturated heterocycles. The minimum Gasteiger partial charge on any atom is -0.326 e. The van der Waals surface area contributed by atoms with Gasteiger partial charge >= 0.3 is 11.9 Å². The first-order valence-corrected chi connectivity index (χ1v) is 11.3. The number of anilines is 1. The van der Waals surface area contributed by atoms with Gasteiger partial charge < -0.3 is 5.32 Å². The average molecular weight is 435 g/mol. The summed E-state index contributed by atoms with van der Waals surface area (Å²) in [5.41, 5.74) is 3.24. The molecule has 2 aromatic carbocycles. The maximum atomic E-state index is 13.0. The third kappa shape index (κ3) is 4.61. The highest BCUT2D eigenvalue weighted by atomic mass is 32.2. The van der Waals surface area contributed by atoms with Crippen LogP contribution in [-0.4, -0.2) is 44.8 Å². The first kappa shape index (κ1) is 21.1. The van der Waals surface area contributed by atoms with Crippen LogP contribution in [0.3, 0.4) is 0 Å². The molecule has 158 valence electrons. The van der Waals surface area contributed by atoms with Crippen LogP contribution >= 0.6 is 11.8 Å². The van der Waals surface area contributed by atoms with Crippen molar-refractivity contribution >= 4 is 41.0 Å². The van der Waals surface area contributed by atoms with Crippen molar-refractivity contribution in [2.24, 2.45) is 0 Å². The van der Waals surface area contributed by atoms with Gasteiger partial charge in [-0.15, -0.1) is 11.8 Å². The Morgan fingerprint density at radius 3 is 2.65 bits per heavy atom. The van der Waals surface area contributed by atoms with Crippen LogP contribution in [0.1, 0.15) is 24.5 Å². The number of allylic oxidation sites excluding steroid dienone is 1. The fourth-order valence-corrected chi connectivity index (χ4v) is 4.72. The molecule has 2 heterocycles. The minimum absolute atomic E-state index is 0.0957. The smallest absolute Gasteiger partial charge is 0.326 e. The molecule has 0 fully saturated rings. The van der Waals surface area contributed by atoms with Crippen LogP contribution < -0.4 is 5.32 Å². The summed E-state index contributed by atoms with van der Waals surface area (Å²) in [6.07, 6.45) is 2.86. The zero-order valence-corrected chi connectivity index (χ0v) is 18.1. The lowest BCUT2D eigenvalue weighted by Crippen LogP contribution is -2.55. The molecule has 1 unspecified atom stereocenters. The Bertz CT molecular complexity index is 1080. The van der Waals surface area contributed by atoms with Crippen LogP contribution in [0.4, 0.5) is 10.5 Å². The van der Waals surface area contributed by atoms with E-state index in [2.05, 4.69) is 5.32 Å². The fraction of sp³-hybridized carbons (Fsp3) is 0.250. The minimum atomic E-state index is -0.363. The topological polar surface area (TPSA) is 69.5 Å². The van der Waals surface area contributed by atoms with Gasteiger partial charge in [0.2, 0.25) is 5.91 Å². The molecule has 4 rings (SSSR count). The molecule has 1 N–H and O–H groups in total. The second-order valence-corrected chi connectivity index (χ2v) is 8.53. The summed E-state index contributed by atoms with van der Waals surface area (Å²) in [5, 5.41) is 4.44. The largest absolute Gasteiger partial charge is 0.501 e. The molecule has 4 amide bonds. The number of thioether (sulfide) groups is 1. The molecular formula is C24H24N3O3S+. The lowest BCUT2D eigenvalue weighted by molar-refractivity contribution is -0.454. The van der Waals surface area contributed by atoms with Gasteiger partial charge in [0.15, 0.2) is 5.25 Å². The van der Waals surface area contributed by atoms with Crippen molar-refractivity contribution in [1.29, 1.82) is 0 Å². The van der Waals surface area contributed by atoms with E-state index in [4.69, 9.17) is 0 Å². The highest BCUT2D eigenvalue weighted by Gasteiger charge is 2.48. The van der Waals surface area contributed by atoms with Gasteiger partial charge in [-0.05, 0) is 41.2 Å². The monoisotopic (exact) mass is 434 g/mol. The number of nitrogens with one attached hydrogen (secondary N) is 1. The molecule has 1 atom stereocenters. The molecule has 31 heavy (non-hydrogen) atoms. The maximum absolute atomic E-state index is 13.0. The number of hydrogen-bond donors (Lipinski definition) is 1. The third-order valence-electron chi connectivity index (χ3n) is 5.19. The second kappa shape index (κ2) is 9.31. The van der Waals surface area contributed by atoms with Crippen LogP contribution in [0.5, 0.6) is 0 Å². The Kier molecular flexibility index (Phi) is 6.32. The third-order valence-corrected chi connectivity index (χ3v) is 6.20. The molecule has 0 saturated carbocycles. The molecule has 6 nitrogen and oxygen atoms in total. The lowest BCUT2D eigenvalue weighted by atomic mass is 10.1. The molecular weight excluding hydrogens is 410 g/mol. The predicted molar refractivity (Wildman–Crippen MR) is 122 cm³/mol. The van der Waals surface area contributed by atoms with Crippen molar-refractivity contribution in [3.05, 3.63) is 77.2 Å². The molecule has 7 heteroatoms. The summed E-state index contributed by atoms with van der Waals surface area (Å²) in [6.45, 7) is 2.70. The molecule has 0 aromatic heterocycles. The SMILES string of the molecule is CCCN1C(=O)C2SC=CC2=[N+](Cc2cccc(NC(=O)Cc3ccccc3)c2)C1=O. The van der Waals surface area contributed by atoms with Gasteiger partial charge in [0.25, 0.3) is 0 Å². The second-order valence-electron chi connectivity index (χ2n) is 7.51. The first-order valence-electron chi connectivity index (χ1n) is 10.3. The van der Waals surface area contributed by atoms with E-state index >= 15 is 0 Å². The predicted octanol–water partition coefficient (Wildman–Crippen LogP) is 3.82. The molecule has 0 aliphatic carbocycles. The highest BCUT2D eigenvalue weighted by molar-refractivity contribution is 8.04. The van der Waals surface area contributed by atoms with Gasteiger partial charge in [0, 0.05) is 5.69 Å². The molecule has 2 aliphatic heterocycles. The van der Waals surface area contributed by atoms with E-state index in [1.807, 2.05) is 73.0 Å². The first-order chi connectivity index (χ1) is 15.1. The van der Waals surface area contributed by atoms with Crippen LogP contribution in [0.15, 0.2) is 66.1 Å². The van der Waals surface area contributed by atoms with E-state index in [1.54, 1.807) is 4.58 Å². The van der Waals surface area contributed by atoms with Crippen molar-refractivity contribution in [2.45, 2.75) is 31.6 Å². The Morgan fingerprint density at radius 1 is 1.10 bits per heavy atom. The quantitative estimate of drug-likeness (QED) is 0.673. The van der Waals surface area contributed by atoms with Gasteiger partial charge in [-0.2, -0.15) is 14.3 Å². The Labute approximate surface area is 185 Å². The zero-order chi connectivity index (χ0) is 21.8. The Morgan fingerprint density at radius 2 is 1.87 bits per heavy atom. The van der Waals surface area contributed by atoms with Crippen molar-refractivity contribution in [2.75, 3.05) is 11.9 Å². The standard InChI is InChI=1S/C24H23N3O3S/c1-2-12-26-23(29)22-20(11-13-31-22)27(24(26)30)16-18-9-6-10-19(14-18)25-21(28)15-17-7-4-3-5-8-17/h3-11,13-14,22H,2,12,15-16H2,1H3/p+1. The van der Waals surface area contributed by atoms with E-state index in [1.165, 1.54) is 16.7 Å². The van der Waals surface area contributed by atoms with E-state index < -0.39 is 0 Å². The van der Waals surface area contributed by atoms with Crippen LogP contribution in [0.2, 0.25) is 0 Å². The van der Waals surface area contributed by atoms with Crippen molar-refractivity contribution in [1.82, 2.24) is 4.90 Å². The zero-order valence-electron chi connectivity index (χ0n) is 17.3. The van der Waals surface area contributed by atoms with Gasteiger partial charge in [0.05, 0.1) is 13.0 Å². The number of amides is 4. The normalized spacial score (nSPS) is 17.8. The van der Waals surface area contributed by atoms with Crippen molar-refractivity contribution in [3.63, 3.8) is 0 Å². The van der Waals surface area contributed by atoms with Crippen LogP contribution in [-0.2, 0) is 22.6 Å². The van der Waals surface area contributed by atoms with Gasteiger partial charge in [0.1, 0.15) is 12.3 Å². The van der Waals surface area contributed by atoms with Gasteiger partial charge in [-0.1, -0.05) is 49.4 Å². The van der Waals surface area contributed by atoms with E-state index in [0.717, 1.165) is 16.8 Å².